The number of ether oxygens (including phenoxy) is 1. The number of hydrogen-bond acceptors (Lipinski definition) is 8. The van der Waals surface area contributed by atoms with Crippen LogP contribution in [-0.2, 0) is 4.74 Å². The highest BCUT2D eigenvalue weighted by Gasteiger charge is 2.16. The molecule has 0 fully saturated rings. The van der Waals surface area contributed by atoms with Gasteiger partial charge in [-0.05, 0) is 36.4 Å². The molecule has 0 heterocycles. The maximum Gasteiger partial charge on any atom is 0.346 e. The summed E-state index contributed by atoms with van der Waals surface area (Å²) in [5, 5.41) is 27.9. The fourth-order valence-corrected chi connectivity index (χ4v) is 1.65. The molecule has 0 saturated heterocycles. The van der Waals surface area contributed by atoms with Crippen molar-refractivity contribution in [3.8, 4) is 0 Å². The molecule has 0 aliphatic carbocycles. The molecule has 0 bridgehead atoms. The average molecular weight is 318 g/mol. The molecule has 2 aromatic rings. The van der Waals surface area contributed by atoms with E-state index in [1.54, 1.807) is 0 Å². The Balaban J connectivity index is 2.07. The minimum Gasteiger partial charge on any atom is -0.386 e. The van der Waals surface area contributed by atoms with E-state index in [2.05, 4.69) is 4.74 Å². The Morgan fingerprint density at radius 2 is 1.35 bits per heavy atom. The van der Waals surface area contributed by atoms with Gasteiger partial charge in [-0.25, -0.2) is 9.59 Å². The molecular weight excluding hydrogens is 308 g/mol. The van der Waals surface area contributed by atoms with Gasteiger partial charge in [0, 0.05) is 12.1 Å². The highest BCUT2D eigenvalue weighted by atomic mass is 16.8. The molecule has 2 aromatic carbocycles. The van der Waals surface area contributed by atoms with Gasteiger partial charge in [-0.15, -0.1) is 5.23 Å². The second-order valence-electron chi connectivity index (χ2n) is 4.32. The molecule has 0 amide bonds. The van der Waals surface area contributed by atoms with E-state index in [9.17, 15) is 19.7 Å². The quantitative estimate of drug-likeness (QED) is 0.379. The van der Waals surface area contributed by atoms with E-state index in [4.69, 9.17) is 10.4 Å². The monoisotopic (exact) mass is 318 g/mol. The summed E-state index contributed by atoms with van der Waals surface area (Å²) in [6.45, 7) is 0. The molecule has 0 atom stereocenters. The number of non-ortho nitro benzene ring substituents is 1. The predicted octanol–water partition coefficient (Wildman–Crippen LogP) is 2.18. The van der Waals surface area contributed by atoms with Crippen molar-refractivity contribution in [2.45, 2.75) is 0 Å². The summed E-state index contributed by atoms with van der Waals surface area (Å²) in [7, 11) is 0. The second kappa shape index (κ2) is 6.64. The molecule has 0 aliphatic rings. The molecule has 2 N–H and O–H groups in total. The second-order valence-corrected chi connectivity index (χ2v) is 4.32. The van der Waals surface area contributed by atoms with Crippen LogP contribution in [0.4, 0.5) is 11.4 Å². The lowest BCUT2D eigenvalue weighted by Crippen LogP contribution is -2.14. The molecule has 9 nitrogen and oxygen atoms in total. The number of esters is 2. The normalized spacial score (nSPS) is 10.0. The van der Waals surface area contributed by atoms with E-state index in [0.29, 0.717) is 0 Å². The van der Waals surface area contributed by atoms with E-state index >= 15 is 0 Å². The minimum absolute atomic E-state index is 0.0162. The van der Waals surface area contributed by atoms with Crippen molar-refractivity contribution >= 4 is 23.3 Å². The van der Waals surface area contributed by atoms with E-state index in [1.807, 2.05) is 0 Å². The number of benzene rings is 2. The number of nitro benzene ring substituents is 1. The molecule has 9 heteroatoms. The minimum atomic E-state index is -0.958. The molecule has 2 rings (SSSR count). The van der Waals surface area contributed by atoms with Crippen molar-refractivity contribution in [2.24, 2.45) is 0 Å². The molecule has 0 aliphatic heterocycles. The number of nitro groups is 1. The summed E-state index contributed by atoms with van der Waals surface area (Å²) in [6, 6.07) is 9.51. The number of anilines is 1. The number of carbonyl (C=O) groups is 2. The third kappa shape index (κ3) is 3.87. The summed E-state index contributed by atoms with van der Waals surface area (Å²) in [5.41, 5.74) is -0.174. The van der Waals surface area contributed by atoms with Gasteiger partial charge in [0.15, 0.2) is 0 Å². The van der Waals surface area contributed by atoms with Gasteiger partial charge in [0.05, 0.1) is 21.7 Å². The first-order valence-electron chi connectivity index (χ1n) is 6.17. The highest BCUT2D eigenvalue weighted by Crippen LogP contribution is 2.15. The van der Waals surface area contributed by atoms with Crippen LogP contribution in [0.1, 0.15) is 20.7 Å². The third-order valence-corrected chi connectivity index (χ3v) is 2.83. The molecule has 0 saturated carbocycles. The van der Waals surface area contributed by atoms with E-state index in [0.717, 1.165) is 12.1 Å². The Hall–Kier alpha value is -3.30. The Labute approximate surface area is 129 Å². The van der Waals surface area contributed by atoms with Gasteiger partial charge in [-0.1, -0.05) is 0 Å². The van der Waals surface area contributed by atoms with Gasteiger partial charge in [0.1, 0.15) is 0 Å². The number of hydrogen-bond donors (Lipinski definition) is 2. The Bertz CT molecular complexity index is 739. The van der Waals surface area contributed by atoms with Crippen molar-refractivity contribution in [3.63, 3.8) is 0 Å². The van der Waals surface area contributed by atoms with Crippen LogP contribution in [0, 0.1) is 10.1 Å². The number of carbonyl (C=O) groups excluding carboxylic acids is 2. The lowest BCUT2D eigenvalue weighted by atomic mass is 10.2. The first kappa shape index (κ1) is 16.1. The SMILES string of the molecule is O=C(OC(=O)c1ccc([N+](=O)[O-])cc1)c1ccc(N(O)O)cc1. The molecule has 118 valence electrons. The van der Waals surface area contributed by atoms with Crippen LogP contribution in [0.5, 0.6) is 0 Å². The molecule has 0 unspecified atom stereocenters. The molecule has 23 heavy (non-hydrogen) atoms. The zero-order valence-electron chi connectivity index (χ0n) is 11.4. The zero-order chi connectivity index (χ0) is 17.0. The third-order valence-electron chi connectivity index (χ3n) is 2.83. The van der Waals surface area contributed by atoms with Gasteiger partial charge in [0.2, 0.25) is 0 Å². The fourth-order valence-electron chi connectivity index (χ4n) is 1.65. The maximum absolute atomic E-state index is 11.8. The summed E-state index contributed by atoms with van der Waals surface area (Å²) < 4.78 is 4.64. The van der Waals surface area contributed by atoms with Crippen LogP contribution in [0.3, 0.4) is 0 Å². The molecule has 0 radical (unpaired) electrons. The smallest absolute Gasteiger partial charge is 0.346 e. The van der Waals surface area contributed by atoms with E-state index in [1.165, 1.54) is 36.4 Å². The Kier molecular flexibility index (Phi) is 4.64. The summed E-state index contributed by atoms with van der Waals surface area (Å²) in [4.78, 5) is 33.5. The van der Waals surface area contributed by atoms with Crippen LogP contribution >= 0.6 is 0 Å². The van der Waals surface area contributed by atoms with E-state index < -0.39 is 16.9 Å². The van der Waals surface area contributed by atoms with Crippen LogP contribution in [0.2, 0.25) is 0 Å². The van der Waals surface area contributed by atoms with Crippen LogP contribution in [0.25, 0.3) is 0 Å². The Morgan fingerprint density at radius 3 is 1.74 bits per heavy atom. The van der Waals surface area contributed by atoms with Gasteiger partial charge >= 0.3 is 11.9 Å². The van der Waals surface area contributed by atoms with E-state index in [-0.39, 0.29) is 27.7 Å². The topological polar surface area (TPSA) is 130 Å². The van der Waals surface area contributed by atoms with Gasteiger partial charge in [-0.2, -0.15) is 0 Å². The average Bonchev–Trinajstić information content (AvgIpc) is 2.54. The predicted molar refractivity (Wildman–Crippen MR) is 75.3 cm³/mol. The van der Waals surface area contributed by atoms with Crippen LogP contribution < -0.4 is 5.23 Å². The van der Waals surface area contributed by atoms with Crippen molar-refractivity contribution in [1.82, 2.24) is 0 Å². The van der Waals surface area contributed by atoms with Crippen LogP contribution in [0.15, 0.2) is 48.5 Å². The van der Waals surface area contributed by atoms with Crippen LogP contribution in [-0.4, -0.2) is 27.3 Å². The van der Waals surface area contributed by atoms with Gasteiger partial charge in [0.25, 0.3) is 5.69 Å². The summed E-state index contributed by atoms with van der Waals surface area (Å²) in [5.74, 6) is -1.90. The Morgan fingerprint density at radius 1 is 0.913 bits per heavy atom. The summed E-state index contributed by atoms with van der Waals surface area (Å²) in [6.07, 6.45) is 0. The first-order valence-corrected chi connectivity index (χ1v) is 6.17. The largest absolute Gasteiger partial charge is 0.386 e. The highest BCUT2D eigenvalue weighted by molar-refractivity contribution is 6.02. The van der Waals surface area contributed by atoms with Crippen molar-refractivity contribution in [3.05, 3.63) is 69.8 Å². The standard InChI is InChI=1S/C14H10N2O7/c17-13(9-1-5-11(6-2-9)15(19)20)23-14(18)10-3-7-12(8-4-10)16(21)22/h1-8,19-20H. The maximum atomic E-state index is 11.8. The van der Waals surface area contributed by atoms with Crippen molar-refractivity contribution in [2.75, 3.05) is 5.23 Å². The zero-order valence-corrected chi connectivity index (χ0v) is 11.4. The first-order chi connectivity index (χ1) is 10.9. The molecular formula is C14H10N2O7. The number of rotatable bonds is 4. The van der Waals surface area contributed by atoms with Crippen molar-refractivity contribution < 1.29 is 29.7 Å². The molecule has 0 spiro atoms. The number of nitrogens with zero attached hydrogens (tertiary/aromatic N) is 2. The lowest BCUT2D eigenvalue weighted by Gasteiger charge is -2.08. The lowest BCUT2D eigenvalue weighted by molar-refractivity contribution is -0.384. The summed E-state index contributed by atoms with van der Waals surface area (Å²) >= 11 is 0. The van der Waals surface area contributed by atoms with Crippen molar-refractivity contribution in [1.29, 1.82) is 0 Å². The van der Waals surface area contributed by atoms with Gasteiger partial charge in [-0.3, -0.25) is 20.5 Å². The fraction of sp³-hybridized carbons (Fsp3) is 0. The van der Waals surface area contributed by atoms with Gasteiger partial charge < -0.3 is 4.74 Å². The molecule has 0 aromatic heterocycles.